The zero-order chi connectivity index (χ0) is 38.8. The van der Waals surface area contributed by atoms with Crippen LogP contribution in [0.2, 0.25) is 0 Å². The van der Waals surface area contributed by atoms with Gasteiger partial charge in [0.05, 0.1) is 28.4 Å². The summed E-state index contributed by atoms with van der Waals surface area (Å²) >= 11 is 0. The summed E-state index contributed by atoms with van der Waals surface area (Å²) in [6.45, 7) is 8.46. The maximum Gasteiger partial charge on any atom is 0.319 e. The maximum atomic E-state index is 13.9. The van der Waals surface area contributed by atoms with Gasteiger partial charge in [-0.15, -0.1) is 0 Å². The van der Waals surface area contributed by atoms with E-state index in [1.165, 1.54) is 38.1 Å². The molecule has 52 heavy (non-hydrogen) atoms. The Morgan fingerprint density at radius 2 is 0.885 bits per heavy atom. The second-order valence-corrected chi connectivity index (χ2v) is 16.9. The molecule has 0 amide bonds. The molecule has 0 spiro atoms. The van der Waals surface area contributed by atoms with Crippen LogP contribution < -0.4 is 0 Å². The largest absolute Gasteiger partial charge is 0.464 e. The third-order valence-corrected chi connectivity index (χ3v) is 11.5. The fraction of sp³-hybridized carbons (Fsp3) is 0.447. The molecule has 0 heterocycles. The first-order chi connectivity index (χ1) is 24.3. The Morgan fingerprint density at radius 1 is 0.519 bits per heavy atom. The van der Waals surface area contributed by atoms with E-state index < -0.39 is 80.8 Å². The average Bonchev–Trinajstić information content (AvgIpc) is 3.13. The van der Waals surface area contributed by atoms with E-state index in [0.29, 0.717) is 18.4 Å². The van der Waals surface area contributed by atoms with E-state index in [1.807, 2.05) is 13.8 Å². The molecule has 0 aliphatic rings. The fourth-order valence-corrected chi connectivity index (χ4v) is 6.56. The summed E-state index contributed by atoms with van der Waals surface area (Å²) in [5.74, 6) is -2.55. The standard InChI is InChI=1S/C38H48O12S2/c1-8-36(5,9-2)33(39)47-24-37(6,34(40)46-23-30-13-11-10-12-14-30)25-48-35(41)38(7,26-49-51(42,43)31-19-15-28(3)16-20-31)27-50-52(44,45)32-21-17-29(4)18-22-32/h10-22H,8-9,23-27H2,1-7H3. The van der Waals surface area contributed by atoms with Gasteiger partial charge in [-0.1, -0.05) is 79.6 Å². The SMILES string of the molecule is CCC(C)(CC)C(=O)OCC(C)(COC(=O)C(C)(COS(=O)(=O)c1ccc(C)cc1)COS(=O)(=O)c1ccc(C)cc1)C(=O)OCc1ccccc1. The molecule has 0 saturated heterocycles. The lowest BCUT2D eigenvalue weighted by atomic mass is 9.84. The molecule has 0 radical (unpaired) electrons. The summed E-state index contributed by atoms with van der Waals surface area (Å²) in [7, 11) is -8.85. The highest BCUT2D eigenvalue weighted by Crippen LogP contribution is 2.31. The van der Waals surface area contributed by atoms with Crippen LogP contribution in [0.4, 0.5) is 0 Å². The zero-order valence-corrected chi connectivity index (χ0v) is 32.3. The van der Waals surface area contributed by atoms with Gasteiger partial charge in [0, 0.05) is 0 Å². The summed E-state index contributed by atoms with van der Waals surface area (Å²) in [4.78, 5) is 40.1. The Balaban J connectivity index is 1.90. The molecule has 0 saturated carbocycles. The molecule has 0 aliphatic carbocycles. The van der Waals surface area contributed by atoms with E-state index in [1.54, 1.807) is 75.4 Å². The van der Waals surface area contributed by atoms with E-state index in [9.17, 15) is 31.2 Å². The van der Waals surface area contributed by atoms with Gasteiger partial charge < -0.3 is 14.2 Å². The number of aryl methyl sites for hydroxylation is 2. The summed E-state index contributed by atoms with van der Waals surface area (Å²) < 4.78 is 79.7. The Bertz CT molecular complexity index is 1810. The van der Waals surface area contributed by atoms with Gasteiger partial charge in [-0.3, -0.25) is 22.7 Å². The Hall–Kier alpha value is -4.11. The van der Waals surface area contributed by atoms with E-state index >= 15 is 0 Å². The molecule has 0 aliphatic heterocycles. The predicted molar refractivity (Wildman–Crippen MR) is 192 cm³/mol. The third-order valence-electron chi connectivity index (χ3n) is 8.98. The zero-order valence-electron chi connectivity index (χ0n) is 30.7. The van der Waals surface area contributed by atoms with E-state index in [4.69, 9.17) is 22.6 Å². The van der Waals surface area contributed by atoms with Crippen molar-refractivity contribution in [3.8, 4) is 0 Å². The molecule has 284 valence electrons. The molecule has 3 rings (SSSR count). The Kier molecular flexibility index (Phi) is 14.3. The van der Waals surface area contributed by atoms with Crippen molar-refractivity contribution in [3.63, 3.8) is 0 Å². The molecule has 0 bridgehead atoms. The number of hydrogen-bond donors (Lipinski definition) is 0. The first-order valence-electron chi connectivity index (χ1n) is 16.8. The molecule has 0 N–H and O–H groups in total. The topological polar surface area (TPSA) is 166 Å². The fourth-order valence-electron chi connectivity index (χ4n) is 4.51. The van der Waals surface area contributed by atoms with Crippen molar-refractivity contribution in [1.82, 2.24) is 0 Å². The number of ether oxygens (including phenoxy) is 3. The number of esters is 3. The van der Waals surface area contributed by atoms with Gasteiger partial charge in [-0.05, 0) is 77.3 Å². The maximum absolute atomic E-state index is 13.9. The normalized spacial score (nSPS) is 13.5. The predicted octanol–water partition coefficient (Wildman–Crippen LogP) is 6.08. The Labute approximate surface area is 307 Å². The van der Waals surface area contributed by atoms with Gasteiger partial charge in [-0.25, -0.2) is 0 Å². The van der Waals surface area contributed by atoms with Crippen LogP contribution in [0.1, 0.15) is 64.2 Å². The van der Waals surface area contributed by atoms with Crippen LogP contribution in [0.25, 0.3) is 0 Å². The van der Waals surface area contributed by atoms with Crippen molar-refractivity contribution in [2.24, 2.45) is 16.2 Å². The number of hydrogen-bond acceptors (Lipinski definition) is 12. The summed E-state index contributed by atoms with van der Waals surface area (Å²) in [6, 6.07) is 20.4. The lowest BCUT2D eigenvalue weighted by Crippen LogP contribution is -2.45. The van der Waals surface area contributed by atoms with Crippen molar-refractivity contribution in [2.45, 2.75) is 77.7 Å². The summed E-state index contributed by atoms with van der Waals surface area (Å²) in [5.41, 5.74) is -2.33. The molecule has 12 nitrogen and oxygen atoms in total. The Morgan fingerprint density at radius 3 is 1.29 bits per heavy atom. The monoisotopic (exact) mass is 760 g/mol. The van der Waals surface area contributed by atoms with Crippen LogP contribution in [-0.2, 0) is 63.8 Å². The van der Waals surface area contributed by atoms with Gasteiger partial charge >= 0.3 is 17.9 Å². The van der Waals surface area contributed by atoms with Gasteiger partial charge in [0.25, 0.3) is 20.2 Å². The highest BCUT2D eigenvalue weighted by Gasteiger charge is 2.44. The molecule has 3 aromatic carbocycles. The average molecular weight is 761 g/mol. The second kappa shape index (κ2) is 17.6. The van der Waals surface area contributed by atoms with E-state index in [2.05, 4.69) is 0 Å². The number of benzene rings is 3. The number of carbonyl (C=O) groups is 3. The second-order valence-electron chi connectivity index (χ2n) is 13.7. The van der Waals surface area contributed by atoms with Gasteiger partial charge in [0.2, 0.25) is 0 Å². The van der Waals surface area contributed by atoms with Crippen LogP contribution in [0.15, 0.2) is 88.7 Å². The molecule has 1 unspecified atom stereocenters. The molecule has 3 aromatic rings. The van der Waals surface area contributed by atoms with Crippen LogP contribution in [0.5, 0.6) is 0 Å². The van der Waals surface area contributed by atoms with Crippen molar-refractivity contribution >= 4 is 38.1 Å². The molecular formula is C38H48O12S2. The smallest absolute Gasteiger partial charge is 0.319 e. The lowest BCUT2D eigenvalue weighted by molar-refractivity contribution is -0.178. The third kappa shape index (κ3) is 11.2. The summed E-state index contributed by atoms with van der Waals surface area (Å²) in [5, 5.41) is 0. The van der Waals surface area contributed by atoms with Gasteiger partial charge in [0.1, 0.15) is 30.7 Å². The summed E-state index contributed by atoms with van der Waals surface area (Å²) in [6.07, 6.45) is 0.948. The van der Waals surface area contributed by atoms with Crippen LogP contribution >= 0.6 is 0 Å². The van der Waals surface area contributed by atoms with Crippen LogP contribution in [0, 0.1) is 30.1 Å². The van der Waals surface area contributed by atoms with Crippen molar-refractivity contribution < 1.29 is 53.8 Å². The van der Waals surface area contributed by atoms with Crippen molar-refractivity contribution in [1.29, 1.82) is 0 Å². The molecule has 1 atom stereocenters. The van der Waals surface area contributed by atoms with Crippen LogP contribution in [-0.4, -0.2) is 61.2 Å². The van der Waals surface area contributed by atoms with Crippen molar-refractivity contribution in [3.05, 3.63) is 95.6 Å². The highest BCUT2D eigenvalue weighted by molar-refractivity contribution is 7.87. The molecular weight excluding hydrogens is 713 g/mol. The number of carbonyl (C=O) groups excluding carboxylic acids is 3. The van der Waals surface area contributed by atoms with Crippen molar-refractivity contribution in [2.75, 3.05) is 26.4 Å². The molecule has 14 heteroatoms. The van der Waals surface area contributed by atoms with Gasteiger partial charge in [-0.2, -0.15) is 16.8 Å². The minimum Gasteiger partial charge on any atom is -0.464 e. The molecule has 0 fully saturated rings. The first kappa shape index (κ1) is 42.3. The lowest BCUT2D eigenvalue weighted by Gasteiger charge is -2.32. The first-order valence-corrected chi connectivity index (χ1v) is 19.6. The number of rotatable bonds is 19. The van der Waals surface area contributed by atoms with E-state index in [0.717, 1.165) is 11.1 Å². The highest BCUT2D eigenvalue weighted by atomic mass is 32.2. The van der Waals surface area contributed by atoms with Gasteiger partial charge in [0.15, 0.2) is 0 Å². The minimum atomic E-state index is -4.43. The molecule has 0 aromatic heterocycles. The van der Waals surface area contributed by atoms with Crippen LogP contribution in [0.3, 0.4) is 0 Å². The van der Waals surface area contributed by atoms with E-state index in [-0.39, 0.29) is 16.4 Å². The minimum absolute atomic E-state index is 0.119. The quantitative estimate of drug-likeness (QED) is 0.0786.